The van der Waals surface area contributed by atoms with Gasteiger partial charge in [-0.2, -0.15) is 0 Å². The zero-order valence-corrected chi connectivity index (χ0v) is 15.0. The molecule has 4 rings (SSSR count). The van der Waals surface area contributed by atoms with Gasteiger partial charge in [0.25, 0.3) is 11.8 Å². The SMILES string of the molecule is O=C(c1cccc(N2CCCC2=O)c1)N1CCN(C(=O)c2ccco2)CC1. The van der Waals surface area contributed by atoms with Gasteiger partial charge in [-0.1, -0.05) is 6.07 Å². The van der Waals surface area contributed by atoms with E-state index in [4.69, 9.17) is 4.42 Å². The average molecular weight is 367 g/mol. The molecule has 3 amide bonds. The lowest BCUT2D eigenvalue weighted by Crippen LogP contribution is -2.50. The van der Waals surface area contributed by atoms with Crippen LogP contribution in [0.4, 0.5) is 5.69 Å². The molecule has 2 aliphatic heterocycles. The van der Waals surface area contributed by atoms with Crippen LogP contribution in [-0.4, -0.2) is 60.2 Å². The summed E-state index contributed by atoms with van der Waals surface area (Å²) in [7, 11) is 0. The summed E-state index contributed by atoms with van der Waals surface area (Å²) in [6.45, 7) is 2.57. The van der Waals surface area contributed by atoms with E-state index in [1.807, 2.05) is 12.1 Å². The number of furan rings is 1. The van der Waals surface area contributed by atoms with Gasteiger partial charge in [-0.25, -0.2) is 0 Å². The minimum atomic E-state index is -0.151. The highest BCUT2D eigenvalue weighted by Crippen LogP contribution is 2.23. The van der Waals surface area contributed by atoms with Crippen LogP contribution in [0.25, 0.3) is 0 Å². The van der Waals surface area contributed by atoms with Crippen molar-refractivity contribution in [2.45, 2.75) is 12.8 Å². The lowest BCUT2D eigenvalue weighted by molar-refractivity contribution is -0.117. The molecule has 3 heterocycles. The number of amides is 3. The molecule has 2 aliphatic rings. The van der Waals surface area contributed by atoms with Gasteiger partial charge in [0.1, 0.15) is 0 Å². The summed E-state index contributed by atoms with van der Waals surface area (Å²) >= 11 is 0. The first-order valence-electron chi connectivity index (χ1n) is 9.16. The predicted molar refractivity (Wildman–Crippen MR) is 98.5 cm³/mol. The van der Waals surface area contributed by atoms with Gasteiger partial charge in [-0.05, 0) is 36.8 Å². The van der Waals surface area contributed by atoms with Crippen LogP contribution in [0.1, 0.15) is 33.8 Å². The highest BCUT2D eigenvalue weighted by molar-refractivity contribution is 5.99. The second-order valence-corrected chi connectivity index (χ2v) is 6.76. The van der Waals surface area contributed by atoms with Crippen LogP contribution in [0, 0.1) is 0 Å². The van der Waals surface area contributed by atoms with Crippen LogP contribution in [0.5, 0.6) is 0 Å². The van der Waals surface area contributed by atoms with Crippen LogP contribution >= 0.6 is 0 Å². The molecule has 2 aromatic rings. The van der Waals surface area contributed by atoms with Gasteiger partial charge in [-0.15, -0.1) is 0 Å². The first-order valence-corrected chi connectivity index (χ1v) is 9.16. The zero-order chi connectivity index (χ0) is 18.8. The molecule has 0 radical (unpaired) electrons. The molecule has 1 aromatic carbocycles. The van der Waals surface area contributed by atoms with Gasteiger partial charge in [0.05, 0.1) is 6.26 Å². The Morgan fingerprint density at radius 3 is 2.26 bits per heavy atom. The molecule has 0 aliphatic carbocycles. The van der Waals surface area contributed by atoms with Gasteiger partial charge in [-0.3, -0.25) is 14.4 Å². The van der Waals surface area contributed by atoms with Gasteiger partial charge < -0.3 is 19.1 Å². The van der Waals surface area contributed by atoms with E-state index < -0.39 is 0 Å². The van der Waals surface area contributed by atoms with E-state index in [2.05, 4.69) is 0 Å². The van der Waals surface area contributed by atoms with Crippen LogP contribution < -0.4 is 4.90 Å². The van der Waals surface area contributed by atoms with Gasteiger partial charge >= 0.3 is 0 Å². The van der Waals surface area contributed by atoms with Crippen molar-refractivity contribution in [3.8, 4) is 0 Å². The first-order chi connectivity index (χ1) is 13.1. The molecular formula is C20H21N3O4. The Balaban J connectivity index is 1.41. The molecular weight excluding hydrogens is 346 g/mol. The molecule has 1 aromatic heterocycles. The molecule has 0 N–H and O–H groups in total. The maximum Gasteiger partial charge on any atom is 0.289 e. The predicted octanol–water partition coefficient (Wildman–Crippen LogP) is 2.00. The highest BCUT2D eigenvalue weighted by atomic mass is 16.3. The summed E-state index contributed by atoms with van der Waals surface area (Å²) in [5.74, 6) is 0.192. The Hall–Kier alpha value is -3.09. The van der Waals surface area contributed by atoms with E-state index in [0.717, 1.165) is 12.1 Å². The number of piperazine rings is 1. The number of carbonyl (C=O) groups excluding carboxylic acids is 3. The Bertz CT molecular complexity index is 854. The van der Waals surface area contributed by atoms with Crippen molar-refractivity contribution in [1.29, 1.82) is 0 Å². The quantitative estimate of drug-likeness (QED) is 0.832. The van der Waals surface area contributed by atoms with Crippen molar-refractivity contribution in [1.82, 2.24) is 9.80 Å². The normalized spacial score (nSPS) is 17.5. The third-order valence-corrected chi connectivity index (χ3v) is 5.06. The van der Waals surface area contributed by atoms with Crippen molar-refractivity contribution in [3.05, 3.63) is 54.0 Å². The Morgan fingerprint density at radius 1 is 0.889 bits per heavy atom. The fourth-order valence-corrected chi connectivity index (χ4v) is 3.58. The summed E-state index contributed by atoms with van der Waals surface area (Å²) in [5.41, 5.74) is 1.34. The van der Waals surface area contributed by atoms with Crippen LogP contribution in [0.15, 0.2) is 47.1 Å². The van der Waals surface area contributed by atoms with E-state index in [9.17, 15) is 14.4 Å². The minimum absolute atomic E-state index is 0.0754. The van der Waals surface area contributed by atoms with E-state index in [0.29, 0.717) is 50.5 Å². The van der Waals surface area contributed by atoms with E-state index in [-0.39, 0.29) is 17.7 Å². The molecule has 0 unspecified atom stereocenters. The average Bonchev–Trinajstić information content (AvgIpc) is 3.39. The molecule has 0 spiro atoms. The number of nitrogens with zero attached hydrogens (tertiary/aromatic N) is 3. The highest BCUT2D eigenvalue weighted by Gasteiger charge is 2.27. The first kappa shape index (κ1) is 17.3. The van der Waals surface area contributed by atoms with Crippen molar-refractivity contribution in [2.24, 2.45) is 0 Å². The number of hydrogen-bond donors (Lipinski definition) is 0. The number of benzene rings is 1. The monoisotopic (exact) mass is 367 g/mol. The van der Waals surface area contributed by atoms with Gasteiger partial charge in [0.2, 0.25) is 5.91 Å². The third-order valence-electron chi connectivity index (χ3n) is 5.06. The summed E-state index contributed by atoms with van der Waals surface area (Å²) in [6.07, 6.45) is 2.89. The Kier molecular flexibility index (Phi) is 4.66. The molecule has 0 bridgehead atoms. The molecule has 2 fully saturated rings. The summed E-state index contributed by atoms with van der Waals surface area (Å²) < 4.78 is 5.16. The van der Waals surface area contributed by atoms with Crippen LogP contribution in [0.3, 0.4) is 0 Å². The molecule has 0 atom stereocenters. The molecule has 27 heavy (non-hydrogen) atoms. The molecule has 0 saturated carbocycles. The van der Waals surface area contributed by atoms with Crippen molar-refractivity contribution in [3.63, 3.8) is 0 Å². The molecule has 2 saturated heterocycles. The standard InChI is InChI=1S/C20H21N3O4/c24-18-7-2-8-23(18)16-5-1-4-15(14-16)19(25)21-9-11-22(12-10-21)20(26)17-6-3-13-27-17/h1,3-6,13-14H,2,7-12H2. The lowest BCUT2D eigenvalue weighted by Gasteiger charge is -2.34. The number of hydrogen-bond acceptors (Lipinski definition) is 4. The van der Waals surface area contributed by atoms with E-state index in [1.165, 1.54) is 6.26 Å². The third kappa shape index (κ3) is 3.45. The summed E-state index contributed by atoms with van der Waals surface area (Å²) in [5, 5.41) is 0. The molecule has 140 valence electrons. The smallest absolute Gasteiger partial charge is 0.289 e. The van der Waals surface area contributed by atoms with Crippen molar-refractivity contribution < 1.29 is 18.8 Å². The lowest BCUT2D eigenvalue weighted by atomic mass is 10.1. The van der Waals surface area contributed by atoms with E-state index >= 15 is 0 Å². The Labute approximate surface area is 157 Å². The van der Waals surface area contributed by atoms with Crippen LogP contribution in [0.2, 0.25) is 0 Å². The minimum Gasteiger partial charge on any atom is -0.459 e. The second kappa shape index (κ2) is 7.26. The number of carbonyl (C=O) groups is 3. The van der Waals surface area contributed by atoms with Gasteiger partial charge in [0.15, 0.2) is 5.76 Å². The summed E-state index contributed by atoms with van der Waals surface area (Å²) in [6, 6.07) is 10.6. The van der Waals surface area contributed by atoms with Crippen molar-refractivity contribution >= 4 is 23.4 Å². The topological polar surface area (TPSA) is 74.1 Å². The molecule has 7 nitrogen and oxygen atoms in total. The fourth-order valence-electron chi connectivity index (χ4n) is 3.58. The fraction of sp³-hybridized carbons (Fsp3) is 0.350. The maximum absolute atomic E-state index is 12.9. The summed E-state index contributed by atoms with van der Waals surface area (Å²) in [4.78, 5) is 42.3. The van der Waals surface area contributed by atoms with Crippen molar-refractivity contribution in [2.75, 3.05) is 37.6 Å². The van der Waals surface area contributed by atoms with Crippen LogP contribution in [-0.2, 0) is 4.79 Å². The Morgan fingerprint density at radius 2 is 1.63 bits per heavy atom. The van der Waals surface area contributed by atoms with Gasteiger partial charge in [0, 0.05) is 50.4 Å². The number of rotatable bonds is 3. The number of anilines is 1. The largest absolute Gasteiger partial charge is 0.459 e. The maximum atomic E-state index is 12.9. The zero-order valence-electron chi connectivity index (χ0n) is 15.0. The van der Waals surface area contributed by atoms with E-state index in [1.54, 1.807) is 39.0 Å². The molecule has 7 heteroatoms. The second-order valence-electron chi connectivity index (χ2n) is 6.76.